The molecule has 0 aliphatic carbocycles. The van der Waals surface area contributed by atoms with E-state index in [-0.39, 0.29) is 17.5 Å². The van der Waals surface area contributed by atoms with Crippen LogP contribution in [0.15, 0.2) is 76.4 Å². The van der Waals surface area contributed by atoms with Gasteiger partial charge >= 0.3 is 11.7 Å². The maximum Gasteiger partial charge on any atom is 0.346 e. The highest BCUT2D eigenvalue weighted by Crippen LogP contribution is 2.29. The van der Waals surface area contributed by atoms with Crippen LogP contribution in [-0.4, -0.2) is 31.2 Å². The Bertz CT molecular complexity index is 1530. The van der Waals surface area contributed by atoms with Crippen molar-refractivity contribution in [3.63, 3.8) is 0 Å². The second kappa shape index (κ2) is 13.4. The smallest absolute Gasteiger partial charge is 0.346 e. The lowest BCUT2D eigenvalue weighted by molar-refractivity contribution is -0.136. The molecule has 1 heterocycles. The number of carboxylic acid groups (broad SMARTS) is 1. The summed E-state index contributed by atoms with van der Waals surface area (Å²) in [6.45, 7) is 11.7. The molecule has 6 nitrogen and oxygen atoms in total. The fourth-order valence-electron chi connectivity index (χ4n) is 5.05. The Hall–Kier alpha value is -3.58. The third-order valence-corrected chi connectivity index (χ3v) is 8.32. The van der Waals surface area contributed by atoms with Gasteiger partial charge in [-0.2, -0.15) is 5.10 Å². The van der Waals surface area contributed by atoms with Crippen molar-refractivity contribution in [2.75, 3.05) is 5.75 Å². The standard InChI is InChI=1S/C34H41N3O3S/c1-6-36-31(35-37(33(36)40)23-25-13-18-29(19-14-25)34(3,4)5)10-8-9-24-11-15-26(16-12-24)27-17-20-30(41-7-2)28(21-27)22-32(38)39/h11-21H,6-10,22-23H2,1-5H3,(H,38,39). The van der Waals surface area contributed by atoms with Gasteiger partial charge in [0, 0.05) is 17.9 Å². The van der Waals surface area contributed by atoms with Crippen LogP contribution in [0.1, 0.15) is 69.1 Å². The first kappa shape index (κ1) is 30.4. The summed E-state index contributed by atoms with van der Waals surface area (Å²) in [6, 6.07) is 23.0. The van der Waals surface area contributed by atoms with Gasteiger partial charge in [0.15, 0.2) is 0 Å². The predicted octanol–water partition coefficient (Wildman–Crippen LogP) is 6.99. The average Bonchev–Trinajstić information content (AvgIpc) is 3.23. The Morgan fingerprint density at radius 3 is 2.17 bits per heavy atom. The maximum atomic E-state index is 13.0. The number of thioether (sulfide) groups is 1. The lowest BCUT2D eigenvalue weighted by Crippen LogP contribution is -2.25. The van der Waals surface area contributed by atoms with Gasteiger partial charge in [-0.05, 0) is 76.4 Å². The van der Waals surface area contributed by atoms with E-state index in [1.165, 1.54) is 11.1 Å². The van der Waals surface area contributed by atoms with E-state index < -0.39 is 5.97 Å². The summed E-state index contributed by atoms with van der Waals surface area (Å²) in [5, 5.41) is 14.0. The summed E-state index contributed by atoms with van der Waals surface area (Å²) in [6.07, 6.45) is 2.53. The van der Waals surface area contributed by atoms with Gasteiger partial charge in [0.2, 0.25) is 0 Å². The molecule has 7 heteroatoms. The number of aromatic nitrogens is 3. The van der Waals surface area contributed by atoms with Gasteiger partial charge in [-0.25, -0.2) is 9.48 Å². The van der Waals surface area contributed by atoms with Crippen molar-refractivity contribution in [3.8, 4) is 11.1 Å². The van der Waals surface area contributed by atoms with Crippen molar-refractivity contribution in [2.45, 2.75) is 83.7 Å². The molecule has 4 rings (SSSR count). The number of aliphatic carboxylic acids is 1. The Balaban J connectivity index is 1.40. The monoisotopic (exact) mass is 571 g/mol. The van der Waals surface area contributed by atoms with Gasteiger partial charge in [-0.3, -0.25) is 9.36 Å². The van der Waals surface area contributed by atoms with Crippen LogP contribution in [0, 0.1) is 0 Å². The van der Waals surface area contributed by atoms with E-state index in [4.69, 9.17) is 5.10 Å². The Kier molecular flexibility index (Phi) is 9.92. The Labute approximate surface area is 247 Å². The van der Waals surface area contributed by atoms with Crippen LogP contribution in [0.5, 0.6) is 0 Å². The second-order valence-electron chi connectivity index (χ2n) is 11.4. The van der Waals surface area contributed by atoms with Gasteiger partial charge in [0.1, 0.15) is 5.82 Å². The number of carboxylic acids is 1. The van der Waals surface area contributed by atoms with E-state index in [0.29, 0.717) is 13.1 Å². The van der Waals surface area contributed by atoms with E-state index in [1.54, 1.807) is 21.0 Å². The van der Waals surface area contributed by atoms with Crippen molar-refractivity contribution >= 4 is 17.7 Å². The molecule has 0 atom stereocenters. The normalized spacial score (nSPS) is 11.6. The van der Waals surface area contributed by atoms with E-state index in [1.807, 2.05) is 19.1 Å². The van der Waals surface area contributed by atoms with E-state index in [0.717, 1.165) is 58.0 Å². The first-order valence-electron chi connectivity index (χ1n) is 14.4. The third kappa shape index (κ3) is 7.79. The van der Waals surface area contributed by atoms with Crippen molar-refractivity contribution in [1.29, 1.82) is 0 Å². The molecule has 4 aromatic rings. The largest absolute Gasteiger partial charge is 0.481 e. The highest BCUT2D eigenvalue weighted by atomic mass is 32.2. The molecule has 0 aliphatic heterocycles. The molecule has 0 bridgehead atoms. The number of benzene rings is 3. The molecular formula is C34H41N3O3S. The van der Waals surface area contributed by atoms with Gasteiger partial charge in [0.05, 0.1) is 13.0 Å². The number of hydrogen-bond acceptors (Lipinski definition) is 4. The Morgan fingerprint density at radius 1 is 0.902 bits per heavy atom. The number of rotatable bonds is 12. The van der Waals surface area contributed by atoms with Gasteiger partial charge in [-0.15, -0.1) is 11.8 Å². The van der Waals surface area contributed by atoms with Crippen LogP contribution in [0.25, 0.3) is 11.1 Å². The highest BCUT2D eigenvalue weighted by Gasteiger charge is 2.15. The van der Waals surface area contributed by atoms with E-state index >= 15 is 0 Å². The van der Waals surface area contributed by atoms with Crippen LogP contribution >= 0.6 is 11.8 Å². The van der Waals surface area contributed by atoms with E-state index in [9.17, 15) is 14.7 Å². The average molecular weight is 572 g/mol. The van der Waals surface area contributed by atoms with Crippen LogP contribution in [0.2, 0.25) is 0 Å². The van der Waals surface area contributed by atoms with Gasteiger partial charge in [0.25, 0.3) is 0 Å². The van der Waals surface area contributed by atoms with Crippen molar-refractivity contribution in [2.24, 2.45) is 0 Å². The summed E-state index contributed by atoms with van der Waals surface area (Å²) < 4.78 is 3.37. The topological polar surface area (TPSA) is 77.1 Å². The van der Waals surface area contributed by atoms with Crippen molar-refractivity contribution in [1.82, 2.24) is 14.3 Å². The third-order valence-electron chi connectivity index (χ3n) is 7.32. The summed E-state index contributed by atoms with van der Waals surface area (Å²) in [4.78, 5) is 25.4. The fraction of sp³-hybridized carbons (Fsp3) is 0.382. The predicted molar refractivity (Wildman–Crippen MR) is 168 cm³/mol. The van der Waals surface area contributed by atoms with Gasteiger partial charge < -0.3 is 5.11 Å². The summed E-state index contributed by atoms with van der Waals surface area (Å²) in [5.41, 5.74) is 6.56. The maximum absolute atomic E-state index is 13.0. The van der Waals surface area contributed by atoms with Crippen LogP contribution in [0.4, 0.5) is 0 Å². The molecule has 0 spiro atoms. The molecule has 0 unspecified atom stereocenters. The number of nitrogens with zero attached hydrogens (tertiary/aromatic N) is 3. The lowest BCUT2D eigenvalue weighted by atomic mass is 9.87. The molecule has 0 fully saturated rings. The minimum Gasteiger partial charge on any atom is -0.481 e. The molecule has 1 aromatic heterocycles. The summed E-state index contributed by atoms with van der Waals surface area (Å²) >= 11 is 1.67. The quantitative estimate of drug-likeness (QED) is 0.185. The minimum atomic E-state index is -0.816. The molecule has 3 aromatic carbocycles. The highest BCUT2D eigenvalue weighted by molar-refractivity contribution is 7.99. The number of aryl methyl sites for hydroxylation is 2. The van der Waals surface area contributed by atoms with Crippen molar-refractivity contribution in [3.05, 3.63) is 105 Å². The summed E-state index contributed by atoms with van der Waals surface area (Å²) in [7, 11) is 0. The minimum absolute atomic E-state index is 0.0241. The number of carbonyl (C=O) groups is 1. The second-order valence-corrected chi connectivity index (χ2v) is 12.7. The molecular weight excluding hydrogens is 530 g/mol. The molecule has 0 amide bonds. The lowest BCUT2D eigenvalue weighted by Gasteiger charge is -2.19. The zero-order chi connectivity index (χ0) is 29.6. The van der Waals surface area contributed by atoms with Crippen LogP contribution < -0.4 is 5.69 Å². The molecule has 0 saturated carbocycles. The van der Waals surface area contributed by atoms with Crippen LogP contribution in [-0.2, 0) is 42.6 Å². The number of hydrogen-bond donors (Lipinski definition) is 1. The fourth-order valence-corrected chi connectivity index (χ4v) is 5.84. The molecule has 41 heavy (non-hydrogen) atoms. The van der Waals surface area contributed by atoms with Crippen molar-refractivity contribution < 1.29 is 9.90 Å². The van der Waals surface area contributed by atoms with E-state index in [2.05, 4.69) is 82.3 Å². The SMILES string of the molecule is CCSc1ccc(-c2ccc(CCCc3nn(Cc4ccc(C(C)(C)C)cc4)c(=O)n3CC)cc2)cc1CC(=O)O. The van der Waals surface area contributed by atoms with Gasteiger partial charge in [-0.1, -0.05) is 82.3 Å². The molecule has 216 valence electrons. The molecule has 0 saturated heterocycles. The Morgan fingerprint density at radius 2 is 1.56 bits per heavy atom. The summed E-state index contributed by atoms with van der Waals surface area (Å²) in [5.74, 6) is 0.917. The zero-order valence-electron chi connectivity index (χ0n) is 24.8. The molecule has 0 radical (unpaired) electrons. The zero-order valence-corrected chi connectivity index (χ0v) is 25.6. The van der Waals surface area contributed by atoms with Crippen LogP contribution in [0.3, 0.4) is 0 Å². The first-order valence-corrected chi connectivity index (χ1v) is 15.4. The first-order chi connectivity index (χ1) is 19.6. The molecule has 1 N–H and O–H groups in total. The molecule has 0 aliphatic rings.